The minimum Gasteiger partial charge on any atom is -0.356 e. The Morgan fingerprint density at radius 1 is 1.36 bits per heavy atom. The van der Waals surface area contributed by atoms with Crippen molar-refractivity contribution < 1.29 is 14.1 Å². The lowest BCUT2D eigenvalue weighted by atomic mass is 9.83. The summed E-state index contributed by atoms with van der Waals surface area (Å²) in [5, 5.41) is 7.11. The topological polar surface area (TPSA) is 88.3 Å². The van der Waals surface area contributed by atoms with Gasteiger partial charge in [-0.15, -0.1) is 0 Å². The van der Waals surface area contributed by atoms with Gasteiger partial charge in [-0.2, -0.15) is 4.98 Å². The Morgan fingerprint density at radius 2 is 2.12 bits per heavy atom. The Bertz CT molecular complexity index is 627. The number of aromatic nitrogens is 2. The molecule has 7 nitrogen and oxygen atoms in total. The van der Waals surface area contributed by atoms with Gasteiger partial charge in [-0.05, 0) is 25.3 Å². The van der Waals surface area contributed by atoms with Crippen LogP contribution < -0.4 is 5.32 Å². The van der Waals surface area contributed by atoms with Crippen LogP contribution in [0.3, 0.4) is 0 Å². The Labute approximate surface area is 148 Å². The van der Waals surface area contributed by atoms with Gasteiger partial charge in [-0.25, -0.2) is 0 Å². The van der Waals surface area contributed by atoms with Crippen molar-refractivity contribution in [2.45, 2.75) is 58.4 Å². The van der Waals surface area contributed by atoms with E-state index >= 15 is 0 Å². The Hall–Kier alpha value is -1.76. The van der Waals surface area contributed by atoms with E-state index in [0.29, 0.717) is 37.7 Å². The van der Waals surface area contributed by atoms with Gasteiger partial charge < -0.3 is 9.84 Å². The fourth-order valence-electron chi connectivity index (χ4n) is 3.35. The normalized spacial score (nSPS) is 22.7. The maximum atomic E-state index is 12.0. The molecule has 25 heavy (non-hydrogen) atoms. The SMILES string of the molecule is CC(C)(C)c1nc(CN2CCCC(CNC(=O)C3CC(=O)C3)C2)no1. The third-order valence-electron chi connectivity index (χ3n) is 4.96. The average Bonchev–Trinajstić information content (AvgIpc) is 2.99. The molecule has 1 saturated carbocycles. The lowest BCUT2D eigenvalue weighted by Gasteiger charge is -2.32. The first-order chi connectivity index (χ1) is 11.8. The number of nitrogens with one attached hydrogen (secondary N) is 1. The number of carbonyl (C=O) groups excluding carboxylic acids is 2. The van der Waals surface area contributed by atoms with Gasteiger partial charge in [0.25, 0.3) is 0 Å². The fraction of sp³-hybridized carbons (Fsp3) is 0.778. The summed E-state index contributed by atoms with van der Waals surface area (Å²) >= 11 is 0. The second-order valence-electron chi connectivity index (χ2n) is 8.40. The number of amides is 1. The first kappa shape index (κ1) is 18.0. The largest absolute Gasteiger partial charge is 0.356 e. The molecular formula is C18H28N4O3. The van der Waals surface area contributed by atoms with Gasteiger partial charge >= 0.3 is 0 Å². The monoisotopic (exact) mass is 348 g/mol. The van der Waals surface area contributed by atoms with Crippen LogP contribution in [0.25, 0.3) is 0 Å². The molecule has 1 N–H and O–H groups in total. The predicted octanol–water partition coefficient (Wildman–Crippen LogP) is 1.67. The smallest absolute Gasteiger partial charge is 0.232 e. The molecular weight excluding hydrogens is 320 g/mol. The van der Waals surface area contributed by atoms with Crippen molar-refractivity contribution in [3.05, 3.63) is 11.7 Å². The molecule has 1 aromatic rings. The first-order valence-electron chi connectivity index (χ1n) is 9.16. The van der Waals surface area contributed by atoms with Crippen molar-refractivity contribution >= 4 is 11.7 Å². The number of rotatable bonds is 5. The van der Waals surface area contributed by atoms with E-state index in [1.807, 2.05) is 0 Å². The van der Waals surface area contributed by atoms with Crippen molar-refractivity contribution in [1.82, 2.24) is 20.4 Å². The average molecular weight is 348 g/mol. The van der Waals surface area contributed by atoms with E-state index in [1.54, 1.807) is 0 Å². The summed E-state index contributed by atoms with van der Waals surface area (Å²) in [5.74, 6) is 1.95. The zero-order chi connectivity index (χ0) is 18.0. The number of carbonyl (C=O) groups is 2. The van der Waals surface area contributed by atoms with E-state index < -0.39 is 0 Å². The number of hydrogen-bond donors (Lipinski definition) is 1. The zero-order valence-electron chi connectivity index (χ0n) is 15.4. The molecule has 1 unspecified atom stereocenters. The molecule has 0 aromatic carbocycles. The molecule has 0 spiro atoms. The van der Waals surface area contributed by atoms with Crippen LogP contribution in [-0.2, 0) is 21.5 Å². The fourth-order valence-corrected chi connectivity index (χ4v) is 3.35. The second-order valence-corrected chi connectivity index (χ2v) is 8.40. The minimum absolute atomic E-state index is 0.0321. The highest BCUT2D eigenvalue weighted by atomic mass is 16.5. The molecule has 1 saturated heterocycles. The zero-order valence-corrected chi connectivity index (χ0v) is 15.4. The van der Waals surface area contributed by atoms with Crippen LogP contribution in [0.15, 0.2) is 4.52 Å². The molecule has 3 rings (SSSR count). The number of likely N-dealkylation sites (tertiary alicyclic amines) is 1. The number of Topliss-reactive ketones (excluding diaryl/α,β-unsaturated/α-hetero) is 1. The second kappa shape index (κ2) is 7.23. The first-order valence-corrected chi connectivity index (χ1v) is 9.16. The predicted molar refractivity (Wildman–Crippen MR) is 91.7 cm³/mol. The van der Waals surface area contributed by atoms with Gasteiger partial charge in [-0.3, -0.25) is 14.5 Å². The summed E-state index contributed by atoms with van der Waals surface area (Å²) in [7, 11) is 0. The van der Waals surface area contributed by atoms with E-state index in [1.165, 1.54) is 0 Å². The summed E-state index contributed by atoms with van der Waals surface area (Å²) in [6.45, 7) is 9.46. The summed E-state index contributed by atoms with van der Waals surface area (Å²) in [5.41, 5.74) is -0.136. The van der Waals surface area contributed by atoms with Crippen molar-refractivity contribution in [1.29, 1.82) is 0 Å². The van der Waals surface area contributed by atoms with Crippen molar-refractivity contribution in [3.63, 3.8) is 0 Å². The standard InChI is InChI=1S/C18H28N4O3/c1-18(2,3)17-20-15(21-25-17)11-22-6-4-5-12(10-22)9-19-16(24)13-7-14(23)8-13/h12-13H,4-11H2,1-3H3,(H,19,24). The quantitative estimate of drug-likeness (QED) is 0.871. The van der Waals surface area contributed by atoms with Gasteiger partial charge in [-0.1, -0.05) is 25.9 Å². The third-order valence-corrected chi connectivity index (χ3v) is 4.96. The van der Waals surface area contributed by atoms with Crippen molar-refractivity contribution in [2.75, 3.05) is 19.6 Å². The highest BCUT2D eigenvalue weighted by molar-refractivity contribution is 5.96. The molecule has 1 aromatic heterocycles. The van der Waals surface area contributed by atoms with Crippen LogP contribution >= 0.6 is 0 Å². The van der Waals surface area contributed by atoms with Gasteiger partial charge in [0.05, 0.1) is 12.5 Å². The van der Waals surface area contributed by atoms with Crippen LogP contribution in [-0.4, -0.2) is 46.4 Å². The van der Waals surface area contributed by atoms with Crippen molar-refractivity contribution in [2.24, 2.45) is 11.8 Å². The molecule has 1 aliphatic heterocycles. The maximum absolute atomic E-state index is 12.0. The van der Waals surface area contributed by atoms with Crippen LogP contribution in [0.2, 0.25) is 0 Å². The van der Waals surface area contributed by atoms with E-state index in [2.05, 4.69) is 41.1 Å². The molecule has 138 valence electrons. The molecule has 1 atom stereocenters. The molecule has 0 radical (unpaired) electrons. The van der Waals surface area contributed by atoms with E-state index in [-0.39, 0.29) is 23.0 Å². The van der Waals surface area contributed by atoms with Gasteiger partial charge in [0.1, 0.15) is 5.78 Å². The summed E-state index contributed by atoms with van der Waals surface area (Å²) < 4.78 is 5.36. The number of hydrogen-bond acceptors (Lipinski definition) is 6. The van der Waals surface area contributed by atoms with E-state index in [9.17, 15) is 9.59 Å². The maximum Gasteiger partial charge on any atom is 0.232 e. The lowest BCUT2D eigenvalue weighted by molar-refractivity contribution is -0.138. The highest BCUT2D eigenvalue weighted by Crippen LogP contribution is 2.24. The van der Waals surface area contributed by atoms with Gasteiger partial charge in [0.15, 0.2) is 5.82 Å². The third kappa shape index (κ3) is 4.66. The summed E-state index contributed by atoms with van der Waals surface area (Å²) in [4.78, 5) is 29.8. The van der Waals surface area contributed by atoms with Gasteiger partial charge in [0.2, 0.25) is 11.8 Å². The summed E-state index contributed by atoms with van der Waals surface area (Å²) in [6, 6.07) is 0. The summed E-state index contributed by atoms with van der Waals surface area (Å²) in [6.07, 6.45) is 3.04. The van der Waals surface area contributed by atoms with Crippen LogP contribution in [0.5, 0.6) is 0 Å². The Kier molecular flexibility index (Phi) is 5.22. The molecule has 2 heterocycles. The molecule has 1 amide bonds. The Balaban J connectivity index is 1.45. The van der Waals surface area contributed by atoms with Crippen LogP contribution in [0.4, 0.5) is 0 Å². The van der Waals surface area contributed by atoms with E-state index in [4.69, 9.17) is 4.52 Å². The molecule has 2 fully saturated rings. The number of piperidine rings is 1. The van der Waals surface area contributed by atoms with E-state index in [0.717, 1.165) is 31.8 Å². The highest BCUT2D eigenvalue weighted by Gasteiger charge is 2.33. The molecule has 0 bridgehead atoms. The molecule has 2 aliphatic rings. The number of ketones is 1. The van der Waals surface area contributed by atoms with Gasteiger partial charge in [0, 0.05) is 31.3 Å². The molecule has 1 aliphatic carbocycles. The van der Waals surface area contributed by atoms with Crippen LogP contribution in [0, 0.1) is 11.8 Å². The van der Waals surface area contributed by atoms with Crippen molar-refractivity contribution in [3.8, 4) is 0 Å². The Morgan fingerprint density at radius 3 is 2.76 bits per heavy atom. The minimum atomic E-state index is -0.136. The van der Waals surface area contributed by atoms with Crippen LogP contribution in [0.1, 0.15) is 58.2 Å². The number of nitrogens with zero attached hydrogens (tertiary/aromatic N) is 3. The lowest BCUT2D eigenvalue weighted by Crippen LogP contribution is -2.44. The molecule has 7 heteroatoms.